The van der Waals surface area contributed by atoms with Crippen LogP contribution in [0.1, 0.15) is 44.2 Å². The second-order valence-electron chi connectivity index (χ2n) is 5.26. The zero-order valence-corrected chi connectivity index (χ0v) is 13.2. The van der Waals surface area contributed by atoms with E-state index in [9.17, 15) is 0 Å². The van der Waals surface area contributed by atoms with Crippen molar-refractivity contribution in [3.05, 3.63) is 42.0 Å². The first kappa shape index (κ1) is 15.5. The van der Waals surface area contributed by atoms with Crippen molar-refractivity contribution < 1.29 is 4.74 Å². The van der Waals surface area contributed by atoms with Crippen LogP contribution in [0.5, 0.6) is 5.75 Å². The predicted octanol–water partition coefficient (Wildman–Crippen LogP) is 2.76. The van der Waals surface area contributed by atoms with Crippen LogP contribution in [0.2, 0.25) is 0 Å². The van der Waals surface area contributed by atoms with Gasteiger partial charge in [-0.1, -0.05) is 12.1 Å². The molecule has 2 aromatic rings. The summed E-state index contributed by atoms with van der Waals surface area (Å²) in [5, 5.41) is 7.65. The Morgan fingerprint density at radius 3 is 2.52 bits per heavy atom. The average molecular weight is 288 g/mol. The first-order valence-corrected chi connectivity index (χ1v) is 7.44. The van der Waals surface area contributed by atoms with Crippen LogP contribution in [0.15, 0.2) is 30.6 Å². The third kappa shape index (κ3) is 3.82. The maximum Gasteiger partial charge on any atom is 0.138 e. The molecule has 0 radical (unpaired) electrons. The molecule has 0 aliphatic heterocycles. The zero-order valence-electron chi connectivity index (χ0n) is 13.2. The molecule has 5 nitrogen and oxygen atoms in total. The van der Waals surface area contributed by atoms with Crippen molar-refractivity contribution in [2.24, 2.45) is 0 Å². The summed E-state index contributed by atoms with van der Waals surface area (Å²) < 4.78 is 7.45. The normalized spacial score (nSPS) is 12.6. The second-order valence-corrected chi connectivity index (χ2v) is 5.26. The number of nitrogens with zero attached hydrogens (tertiary/aromatic N) is 3. The molecule has 21 heavy (non-hydrogen) atoms. The van der Waals surface area contributed by atoms with E-state index < -0.39 is 0 Å². The van der Waals surface area contributed by atoms with Gasteiger partial charge in [0.05, 0.1) is 6.61 Å². The standard InChI is InChI=1S/C16H24N4O/c1-5-21-14-8-6-13(7-9-14)15(17-4)10-16-18-11-19-20(16)12(2)3/h6-9,11-12,15,17H,5,10H2,1-4H3. The molecule has 0 amide bonds. The molecule has 5 heteroatoms. The van der Waals surface area contributed by atoms with Crippen molar-refractivity contribution in [3.63, 3.8) is 0 Å². The summed E-state index contributed by atoms with van der Waals surface area (Å²) in [4.78, 5) is 4.38. The maximum absolute atomic E-state index is 5.48. The molecule has 0 saturated heterocycles. The number of likely N-dealkylation sites (N-methyl/N-ethyl adjacent to an activating group) is 1. The van der Waals surface area contributed by atoms with Crippen molar-refractivity contribution in [1.29, 1.82) is 0 Å². The van der Waals surface area contributed by atoms with E-state index in [1.807, 2.05) is 30.8 Å². The van der Waals surface area contributed by atoms with E-state index in [-0.39, 0.29) is 6.04 Å². The summed E-state index contributed by atoms with van der Waals surface area (Å²) in [6.07, 6.45) is 2.43. The molecule has 0 saturated carbocycles. The van der Waals surface area contributed by atoms with E-state index in [2.05, 4.69) is 41.4 Å². The first-order valence-electron chi connectivity index (χ1n) is 7.44. The molecule has 0 bridgehead atoms. The minimum atomic E-state index is 0.211. The number of benzene rings is 1. The highest BCUT2D eigenvalue weighted by molar-refractivity contribution is 5.29. The quantitative estimate of drug-likeness (QED) is 0.851. The zero-order chi connectivity index (χ0) is 15.2. The Bertz CT molecular complexity index is 548. The lowest BCUT2D eigenvalue weighted by Crippen LogP contribution is -2.21. The Morgan fingerprint density at radius 2 is 1.95 bits per heavy atom. The van der Waals surface area contributed by atoms with Crippen molar-refractivity contribution in [2.75, 3.05) is 13.7 Å². The Morgan fingerprint density at radius 1 is 1.24 bits per heavy atom. The number of rotatable bonds is 7. The highest BCUT2D eigenvalue weighted by Crippen LogP contribution is 2.21. The summed E-state index contributed by atoms with van der Waals surface area (Å²) in [6.45, 7) is 6.90. The molecule has 1 heterocycles. The van der Waals surface area contributed by atoms with Crippen LogP contribution in [-0.2, 0) is 6.42 Å². The van der Waals surface area contributed by atoms with Crippen LogP contribution in [-0.4, -0.2) is 28.4 Å². The van der Waals surface area contributed by atoms with Crippen LogP contribution >= 0.6 is 0 Å². The molecule has 0 aliphatic rings. The lowest BCUT2D eigenvalue weighted by atomic mass is 10.0. The van der Waals surface area contributed by atoms with Gasteiger partial charge in [-0.3, -0.25) is 0 Å². The Balaban J connectivity index is 2.14. The summed E-state index contributed by atoms with van der Waals surface area (Å²) in [6, 6.07) is 8.75. The molecule has 0 aliphatic carbocycles. The molecule has 1 N–H and O–H groups in total. The van der Waals surface area contributed by atoms with Crippen molar-refractivity contribution >= 4 is 0 Å². The predicted molar refractivity (Wildman–Crippen MR) is 83.5 cm³/mol. The molecule has 0 fully saturated rings. The number of nitrogens with one attached hydrogen (secondary N) is 1. The smallest absolute Gasteiger partial charge is 0.138 e. The molecule has 2 rings (SSSR count). The van der Waals surface area contributed by atoms with Gasteiger partial charge in [-0.2, -0.15) is 5.10 Å². The number of ether oxygens (including phenoxy) is 1. The lowest BCUT2D eigenvalue weighted by molar-refractivity contribution is 0.340. The summed E-state index contributed by atoms with van der Waals surface area (Å²) >= 11 is 0. The Labute approximate surface area is 126 Å². The van der Waals surface area contributed by atoms with E-state index in [1.54, 1.807) is 6.33 Å². The Hall–Kier alpha value is -1.88. The molecule has 1 unspecified atom stereocenters. The van der Waals surface area contributed by atoms with Gasteiger partial charge in [-0.05, 0) is 45.5 Å². The maximum atomic E-state index is 5.48. The van der Waals surface area contributed by atoms with Gasteiger partial charge in [0.2, 0.25) is 0 Å². The van der Waals surface area contributed by atoms with Crippen LogP contribution in [0, 0.1) is 0 Å². The minimum Gasteiger partial charge on any atom is -0.494 e. The van der Waals surface area contributed by atoms with E-state index in [1.165, 1.54) is 5.56 Å². The van der Waals surface area contributed by atoms with Crippen molar-refractivity contribution in [3.8, 4) is 5.75 Å². The number of hydrogen-bond acceptors (Lipinski definition) is 4. The number of hydrogen-bond donors (Lipinski definition) is 1. The average Bonchev–Trinajstić information content (AvgIpc) is 2.94. The summed E-state index contributed by atoms with van der Waals surface area (Å²) in [5.74, 6) is 1.90. The molecule has 1 aromatic carbocycles. The Kier molecular flexibility index (Phi) is 5.33. The fourth-order valence-corrected chi connectivity index (χ4v) is 2.38. The summed E-state index contributed by atoms with van der Waals surface area (Å²) in [7, 11) is 1.97. The fraction of sp³-hybridized carbons (Fsp3) is 0.500. The molecule has 114 valence electrons. The van der Waals surface area contributed by atoms with Gasteiger partial charge in [-0.25, -0.2) is 9.67 Å². The highest BCUT2D eigenvalue weighted by atomic mass is 16.5. The summed E-state index contributed by atoms with van der Waals surface area (Å²) in [5.41, 5.74) is 1.22. The topological polar surface area (TPSA) is 52.0 Å². The van der Waals surface area contributed by atoms with E-state index in [0.717, 1.165) is 18.0 Å². The van der Waals surface area contributed by atoms with Gasteiger partial charge in [0, 0.05) is 18.5 Å². The molecule has 0 spiro atoms. The minimum absolute atomic E-state index is 0.211. The third-order valence-corrected chi connectivity index (χ3v) is 3.47. The van der Waals surface area contributed by atoms with Gasteiger partial charge in [0.15, 0.2) is 0 Å². The van der Waals surface area contributed by atoms with Crippen molar-refractivity contribution in [2.45, 2.75) is 39.3 Å². The fourth-order valence-electron chi connectivity index (χ4n) is 2.38. The SMILES string of the molecule is CCOc1ccc(C(Cc2ncnn2C(C)C)NC)cc1. The van der Waals surface area contributed by atoms with Gasteiger partial charge < -0.3 is 10.1 Å². The molecule has 1 aromatic heterocycles. The van der Waals surface area contributed by atoms with Crippen LogP contribution < -0.4 is 10.1 Å². The van der Waals surface area contributed by atoms with Gasteiger partial charge in [0.25, 0.3) is 0 Å². The number of aromatic nitrogens is 3. The van der Waals surface area contributed by atoms with Gasteiger partial charge >= 0.3 is 0 Å². The van der Waals surface area contributed by atoms with Crippen LogP contribution in [0.3, 0.4) is 0 Å². The monoisotopic (exact) mass is 288 g/mol. The molecule has 1 atom stereocenters. The lowest BCUT2D eigenvalue weighted by Gasteiger charge is -2.18. The van der Waals surface area contributed by atoms with Crippen molar-refractivity contribution in [1.82, 2.24) is 20.1 Å². The second kappa shape index (κ2) is 7.22. The van der Waals surface area contributed by atoms with Gasteiger partial charge in [0.1, 0.15) is 17.9 Å². The molecular weight excluding hydrogens is 264 g/mol. The van der Waals surface area contributed by atoms with E-state index >= 15 is 0 Å². The first-order chi connectivity index (χ1) is 10.2. The van der Waals surface area contributed by atoms with E-state index in [4.69, 9.17) is 4.74 Å². The largest absolute Gasteiger partial charge is 0.494 e. The molecular formula is C16H24N4O. The van der Waals surface area contributed by atoms with Crippen LogP contribution in [0.25, 0.3) is 0 Å². The van der Waals surface area contributed by atoms with Crippen LogP contribution in [0.4, 0.5) is 0 Å². The third-order valence-electron chi connectivity index (χ3n) is 3.47. The van der Waals surface area contributed by atoms with Gasteiger partial charge in [-0.15, -0.1) is 0 Å². The van der Waals surface area contributed by atoms with E-state index in [0.29, 0.717) is 12.6 Å². The highest BCUT2D eigenvalue weighted by Gasteiger charge is 2.15.